The van der Waals surface area contributed by atoms with Crippen LogP contribution in [-0.4, -0.2) is 33.1 Å². The molecule has 0 bridgehead atoms. The molecule has 0 unspecified atom stereocenters. The second kappa shape index (κ2) is 9.69. The first-order valence-electron chi connectivity index (χ1n) is 13.9. The number of carbonyl (C=O) groups excluding carboxylic acids is 4. The Hall–Kier alpha value is -4.62. The molecule has 3 aliphatic carbocycles. The summed E-state index contributed by atoms with van der Waals surface area (Å²) in [7, 11) is 0. The van der Waals surface area contributed by atoms with Crippen molar-refractivity contribution < 1.29 is 41.5 Å². The van der Waals surface area contributed by atoms with E-state index >= 15 is 0 Å². The lowest BCUT2D eigenvalue weighted by Gasteiger charge is -2.38. The molecule has 0 amide bonds. The average Bonchev–Trinajstić information content (AvgIpc) is 3.71. The Balaban J connectivity index is 1.26. The van der Waals surface area contributed by atoms with Gasteiger partial charge in [0.05, 0.1) is 16.0 Å². The van der Waals surface area contributed by atoms with Crippen LogP contribution in [0, 0.1) is 23.3 Å². The molecule has 4 aliphatic rings. The first-order valence-corrected chi connectivity index (χ1v) is 15.5. The summed E-state index contributed by atoms with van der Waals surface area (Å²) >= 11 is 2.29. The van der Waals surface area contributed by atoms with Crippen LogP contribution in [0.25, 0.3) is 33.1 Å². The van der Waals surface area contributed by atoms with E-state index in [-0.39, 0.29) is 33.2 Å². The van der Waals surface area contributed by atoms with Crippen LogP contribution in [0.15, 0.2) is 24.3 Å². The van der Waals surface area contributed by atoms with Gasteiger partial charge in [-0.25, -0.2) is 27.5 Å². The highest BCUT2D eigenvalue weighted by Gasteiger charge is 2.47. The number of hydrogen-bond donors (Lipinski definition) is 0. The standard InChI is InChI=1S/C32H16F4N2O5S2/c33-12-6-14-16(24(39)26(41)22(14)18(35)8-12)10-20-37-30-28(44-20)29-31(43-32(30)4-2-1-3-5-32)38-21(45-29)11-17-15-7-13(34)9-19(36)23(15)27(42)25(17)40/h6-11H,1-5H2/b16-10-,17-11-. The van der Waals surface area contributed by atoms with Crippen molar-refractivity contribution in [3.63, 3.8) is 0 Å². The van der Waals surface area contributed by atoms with Gasteiger partial charge in [-0.3, -0.25) is 19.2 Å². The van der Waals surface area contributed by atoms with Crippen molar-refractivity contribution in [1.82, 2.24) is 9.97 Å². The van der Waals surface area contributed by atoms with Gasteiger partial charge in [0.25, 0.3) is 0 Å². The molecule has 1 saturated carbocycles. The van der Waals surface area contributed by atoms with Gasteiger partial charge in [0.15, 0.2) is 5.60 Å². The fourth-order valence-corrected chi connectivity index (χ4v) is 8.60. The lowest BCUT2D eigenvalue weighted by atomic mass is 9.80. The number of Topliss-reactive ketones (excluding diaryl/α,β-unsaturated/α-hetero) is 4. The smallest absolute Gasteiger partial charge is 0.237 e. The molecule has 0 N–H and O–H groups in total. The Morgan fingerprint density at radius 1 is 0.667 bits per heavy atom. The normalized spacial score (nSPS) is 19.7. The first kappa shape index (κ1) is 27.9. The highest BCUT2D eigenvalue weighted by Crippen LogP contribution is 2.55. The summed E-state index contributed by atoms with van der Waals surface area (Å²) in [6, 6.07) is 2.97. The number of fused-ring (bicyclic) bond motifs is 6. The van der Waals surface area contributed by atoms with Crippen LogP contribution < -0.4 is 4.74 Å². The maximum absolute atomic E-state index is 14.4. The largest absolute Gasteiger partial charge is 0.463 e. The number of hydrogen-bond acceptors (Lipinski definition) is 9. The molecule has 13 heteroatoms. The Labute approximate surface area is 258 Å². The van der Waals surface area contributed by atoms with E-state index in [9.17, 15) is 36.7 Å². The number of ketones is 4. The summed E-state index contributed by atoms with van der Waals surface area (Å²) in [6.07, 6.45) is 6.54. The second-order valence-electron chi connectivity index (χ2n) is 11.1. The molecule has 45 heavy (non-hydrogen) atoms. The van der Waals surface area contributed by atoms with Crippen LogP contribution in [0.1, 0.15) is 79.7 Å². The topological polar surface area (TPSA) is 103 Å². The van der Waals surface area contributed by atoms with Crippen molar-refractivity contribution in [3.8, 4) is 15.6 Å². The third-order valence-electron chi connectivity index (χ3n) is 8.43. The van der Waals surface area contributed by atoms with Crippen molar-refractivity contribution in [2.75, 3.05) is 0 Å². The second-order valence-corrected chi connectivity index (χ2v) is 13.2. The molecular formula is C32H16F4N2O5S2. The third-order valence-corrected chi connectivity index (χ3v) is 10.6. The van der Waals surface area contributed by atoms with Gasteiger partial charge < -0.3 is 4.74 Å². The molecule has 0 radical (unpaired) electrons. The fraction of sp³-hybridized carbons (Fsp3) is 0.188. The van der Waals surface area contributed by atoms with Gasteiger partial charge in [-0.15, -0.1) is 22.7 Å². The Morgan fingerprint density at radius 2 is 1.18 bits per heavy atom. The lowest BCUT2D eigenvalue weighted by Crippen LogP contribution is -2.38. The summed E-state index contributed by atoms with van der Waals surface area (Å²) in [6.45, 7) is 0. The number of benzene rings is 2. The van der Waals surface area contributed by atoms with E-state index in [1.807, 2.05) is 0 Å². The van der Waals surface area contributed by atoms with E-state index < -0.39 is 63.1 Å². The molecule has 0 saturated heterocycles. The Morgan fingerprint density at radius 3 is 1.73 bits per heavy atom. The predicted molar refractivity (Wildman–Crippen MR) is 156 cm³/mol. The van der Waals surface area contributed by atoms with Crippen LogP contribution in [0.4, 0.5) is 17.6 Å². The molecule has 2 aromatic heterocycles. The van der Waals surface area contributed by atoms with E-state index in [0.717, 1.165) is 42.7 Å². The predicted octanol–water partition coefficient (Wildman–Crippen LogP) is 6.99. The van der Waals surface area contributed by atoms with E-state index in [1.54, 1.807) is 0 Å². The number of thiazole rings is 2. The molecule has 224 valence electrons. The minimum absolute atomic E-state index is 0.143. The monoisotopic (exact) mass is 648 g/mol. The van der Waals surface area contributed by atoms with Crippen LogP contribution in [0.3, 0.4) is 0 Å². The van der Waals surface area contributed by atoms with E-state index in [0.29, 0.717) is 45.4 Å². The third kappa shape index (κ3) is 4.06. The molecule has 7 nitrogen and oxygen atoms in total. The SMILES string of the molecule is O=C1C(=O)c2c(F)cc(F)cc2/C1=C/c1nc2c(s1)-c1sc(/C=C3\C(=O)C(=O)c4c(F)cc(F)cc43)nc1C1(CCCCC1)O2. The number of carbonyl (C=O) groups is 4. The molecule has 1 fully saturated rings. The van der Waals surface area contributed by atoms with Crippen LogP contribution in [0.2, 0.25) is 0 Å². The quantitative estimate of drug-likeness (QED) is 0.131. The molecule has 1 spiro atoms. The maximum atomic E-state index is 14.4. The number of rotatable bonds is 2. The molecule has 3 heterocycles. The van der Waals surface area contributed by atoms with Crippen molar-refractivity contribution >= 4 is 69.1 Å². The number of aromatic nitrogens is 2. The number of halogens is 4. The van der Waals surface area contributed by atoms with Gasteiger partial charge in [0, 0.05) is 34.4 Å². The van der Waals surface area contributed by atoms with Gasteiger partial charge in [-0.2, -0.15) is 0 Å². The van der Waals surface area contributed by atoms with Gasteiger partial charge in [-0.05, 0) is 50.0 Å². The summed E-state index contributed by atoms with van der Waals surface area (Å²) in [5.41, 5.74) is -1.89. The molecule has 4 aromatic rings. The first-order chi connectivity index (χ1) is 21.5. The zero-order valence-electron chi connectivity index (χ0n) is 22.8. The van der Waals surface area contributed by atoms with Gasteiger partial charge >= 0.3 is 0 Å². The van der Waals surface area contributed by atoms with Crippen molar-refractivity contribution in [2.24, 2.45) is 0 Å². The highest BCUT2D eigenvalue weighted by molar-refractivity contribution is 7.23. The zero-order valence-corrected chi connectivity index (χ0v) is 24.4. The molecule has 8 rings (SSSR count). The lowest BCUT2D eigenvalue weighted by molar-refractivity contribution is -0.110. The maximum Gasteiger partial charge on any atom is 0.237 e. The Bertz CT molecular complexity index is 2160. The highest BCUT2D eigenvalue weighted by atomic mass is 32.1. The zero-order chi connectivity index (χ0) is 31.4. The van der Waals surface area contributed by atoms with Crippen LogP contribution >= 0.6 is 22.7 Å². The van der Waals surface area contributed by atoms with Gasteiger partial charge in [0.2, 0.25) is 29.0 Å². The summed E-state index contributed by atoms with van der Waals surface area (Å²) in [5.74, 6) is -7.95. The number of ether oxygens (including phenoxy) is 1. The van der Waals surface area contributed by atoms with Crippen molar-refractivity contribution in [3.05, 3.63) is 85.5 Å². The summed E-state index contributed by atoms with van der Waals surface area (Å²) in [4.78, 5) is 61.3. The minimum Gasteiger partial charge on any atom is -0.463 e. The van der Waals surface area contributed by atoms with Crippen molar-refractivity contribution in [1.29, 1.82) is 0 Å². The van der Waals surface area contributed by atoms with Gasteiger partial charge in [-0.1, -0.05) is 6.42 Å². The van der Waals surface area contributed by atoms with Crippen LogP contribution in [-0.2, 0) is 15.2 Å². The van der Waals surface area contributed by atoms with E-state index in [4.69, 9.17) is 9.72 Å². The summed E-state index contributed by atoms with van der Waals surface area (Å²) in [5, 5.41) is 0.553. The summed E-state index contributed by atoms with van der Waals surface area (Å²) < 4.78 is 63.5. The molecule has 0 atom stereocenters. The minimum atomic E-state index is -1.13. The van der Waals surface area contributed by atoms with Crippen LogP contribution in [0.5, 0.6) is 5.88 Å². The van der Waals surface area contributed by atoms with E-state index in [2.05, 4.69) is 4.98 Å². The molecular weight excluding hydrogens is 632 g/mol. The molecule has 1 aliphatic heterocycles. The average molecular weight is 649 g/mol. The van der Waals surface area contributed by atoms with Gasteiger partial charge in [0.1, 0.15) is 43.9 Å². The number of allylic oxidation sites excluding steroid dienone is 2. The Kier molecular flexibility index (Phi) is 6.01. The molecule has 2 aromatic carbocycles. The number of nitrogens with zero attached hydrogens (tertiary/aromatic N) is 2. The van der Waals surface area contributed by atoms with Crippen molar-refractivity contribution in [2.45, 2.75) is 37.7 Å². The fourth-order valence-electron chi connectivity index (χ4n) is 6.44. The van der Waals surface area contributed by atoms with E-state index in [1.165, 1.54) is 23.5 Å².